The Kier molecular flexibility index (Phi) is 4.25. The minimum absolute atomic E-state index is 0.909. The van der Waals surface area contributed by atoms with E-state index in [4.69, 9.17) is 0 Å². The lowest BCUT2D eigenvalue weighted by atomic mass is 9.89. The molecule has 1 heteroatoms. The van der Waals surface area contributed by atoms with Crippen LogP contribution < -0.4 is 0 Å². The minimum atomic E-state index is 0.909. The van der Waals surface area contributed by atoms with Crippen LogP contribution in [0.5, 0.6) is 0 Å². The van der Waals surface area contributed by atoms with Gasteiger partial charge in [-0.2, -0.15) is 0 Å². The SMILES string of the molecule is CCC=NCC1CCCCC1. The van der Waals surface area contributed by atoms with Crippen LogP contribution in [0, 0.1) is 5.92 Å². The summed E-state index contributed by atoms with van der Waals surface area (Å²) in [5, 5.41) is 0. The molecule has 0 saturated heterocycles. The third-order valence-electron chi connectivity index (χ3n) is 2.40. The third-order valence-corrected chi connectivity index (χ3v) is 2.40. The number of nitrogens with zero attached hydrogens (tertiary/aromatic N) is 1. The number of rotatable bonds is 3. The van der Waals surface area contributed by atoms with Crippen molar-refractivity contribution in [2.24, 2.45) is 10.9 Å². The maximum absolute atomic E-state index is 4.39. The average Bonchev–Trinajstić information content (AvgIpc) is 2.07. The smallest absolute Gasteiger partial charge is 0.0413 e. The van der Waals surface area contributed by atoms with E-state index >= 15 is 0 Å². The van der Waals surface area contributed by atoms with Gasteiger partial charge in [0, 0.05) is 6.54 Å². The second kappa shape index (κ2) is 5.34. The molecular formula is C10H19N. The van der Waals surface area contributed by atoms with E-state index in [2.05, 4.69) is 18.1 Å². The van der Waals surface area contributed by atoms with Crippen LogP contribution in [0.2, 0.25) is 0 Å². The second-order valence-electron chi connectivity index (χ2n) is 3.46. The fourth-order valence-corrected chi connectivity index (χ4v) is 1.72. The highest BCUT2D eigenvalue weighted by Crippen LogP contribution is 2.23. The van der Waals surface area contributed by atoms with Crippen molar-refractivity contribution in [3.8, 4) is 0 Å². The van der Waals surface area contributed by atoms with Crippen LogP contribution in [0.25, 0.3) is 0 Å². The van der Waals surface area contributed by atoms with E-state index in [1.165, 1.54) is 32.1 Å². The van der Waals surface area contributed by atoms with E-state index < -0.39 is 0 Å². The molecule has 0 aromatic carbocycles. The van der Waals surface area contributed by atoms with Gasteiger partial charge in [0.2, 0.25) is 0 Å². The Hall–Kier alpha value is -0.330. The molecule has 0 spiro atoms. The highest BCUT2D eigenvalue weighted by Gasteiger charge is 2.11. The Balaban J connectivity index is 2.09. The van der Waals surface area contributed by atoms with Gasteiger partial charge in [0.05, 0.1) is 0 Å². The number of hydrogen-bond acceptors (Lipinski definition) is 1. The third kappa shape index (κ3) is 3.54. The van der Waals surface area contributed by atoms with Crippen molar-refractivity contribution in [3.63, 3.8) is 0 Å². The van der Waals surface area contributed by atoms with Crippen LogP contribution in [0.15, 0.2) is 4.99 Å². The summed E-state index contributed by atoms with van der Waals surface area (Å²) in [6.45, 7) is 3.23. The Labute approximate surface area is 69.9 Å². The van der Waals surface area contributed by atoms with Gasteiger partial charge in [-0.15, -0.1) is 0 Å². The quantitative estimate of drug-likeness (QED) is 0.553. The highest BCUT2D eigenvalue weighted by molar-refractivity contribution is 5.56. The Bertz CT molecular complexity index is 112. The molecule has 11 heavy (non-hydrogen) atoms. The van der Waals surface area contributed by atoms with E-state index in [1.54, 1.807) is 0 Å². The molecule has 1 aliphatic rings. The summed E-state index contributed by atoms with van der Waals surface area (Å²) in [6, 6.07) is 0. The molecule has 64 valence electrons. The standard InChI is InChI=1S/C10H19N/c1-2-8-11-9-10-6-4-3-5-7-10/h8,10H,2-7,9H2,1H3. The zero-order chi connectivity index (χ0) is 7.94. The summed E-state index contributed by atoms with van der Waals surface area (Å²) in [7, 11) is 0. The molecule has 0 heterocycles. The largest absolute Gasteiger partial charge is 0.297 e. The van der Waals surface area contributed by atoms with Gasteiger partial charge < -0.3 is 0 Å². The summed E-state index contributed by atoms with van der Waals surface area (Å²) >= 11 is 0. The van der Waals surface area contributed by atoms with Crippen molar-refractivity contribution in [2.45, 2.75) is 45.4 Å². The molecule has 1 saturated carbocycles. The van der Waals surface area contributed by atoms with Crippen LogP contribution in [0.4, 0.5) is 0 Å². The summed E-state index contributed by atoms with van der Waals surface area (Å²) in [5.74, 6) is 0.909. The maximum Gasteiger partial charge on any atom is 0.0413 e. The molecule has 0 aliphatic heterocycles. The minimum Gasteiger partial charge on any atom is -0.297 e. The van der Waals surface area contributed by atoms with Crippen molar-refractivity contribution in [1.29, 1.82) is 0 Å². The lowest BCUT2D eigenvalue weighted by Crippen LogP contribution is -2.09. The Morgan fingerprint density at radius 2 is 2.00 bits per heavy atom. The van der Waals surface area contributed by atoms with Crippen molar-refractivity contribution >= 4 is 6.21 Å². The van der Waals surface area contributed by atoms with Crippen molar-refractivity contribution in [3.05, 3.63) is 0 Å². The fraction of sp³-hybridized carbons (Fsp3) is 0.900. The zero-order valence-corrected chi connectivity index (χ0v) is 7.55. The van der Waals surface area contributed by atoms with Gasteiger partial charge in [-0.05, 0) is 31.4 Å². The normalized spacial score (nSPS) is 21.2. The van der Waals surface area contributed by atoms with Crippen LogP contribution >= 0.6 is 0 Å². The van der Waals surface area contributed by atoms with Gasteiger partial charge in [0.1, 0.15) is 0 Å². The van der Waals surface area contributed by atoms with Gasteiger partial charge in [-0.25, -0.2) is 0 Å². The Morgan fingerprint density at radius 3 is 2.64 bits per heavy atom. The van der Waals surface area contributed by atoms with Crippen LogP contribution in [0.3, 0.4) is 0 Å². The molecule has 0 aromatic rings. The molecule has 0 bridgehead atoms. The Morgan fingerprint density at radius 1 is 1.27 bits per heavy atom. The van der Waals surface area contributed by atoms with E-state index in [0.29, 0.717) is 0 Å². The first-order valence-electron chi connectivity index (χ1n) is 4.91. The van der Waals surface area contributed by atoms with E-state index in [1.807, 2.05) is 0 Å². The fourth-order valence-electron chi connectivity index (χ4n) is 1.72. The molecule has 0 amide bonds. The first kappa shape index (κ1) is 8.76. The van der Waals surface area contributed by atoms with Gasteiger partial charge in [0.25, 0.3) is 0 Å². The zero-order valence-electron chi connectivity index (χ0n) is 7.55. The van der Waals surface area contributed by atoms with Gasteiger partial charge in [-0.3, -0.25) is 4.99 Å². The summed E-state index contributed by atoms with van der Waals surface area (Å²) in [6.07, 6.45) is 10.3. The molecule has 0 aromatic heterocycles. The monoisotopic (exact) mass is 153 g/mol. The van der Waals surface area contributed by atoms with Crippen molar-refractivity contribution in [2.75, 3.05) is 6.54 Å². The van der Waals surface area contributed by atoms with Crippen LogP contribution in [0.1, 0.15) is 45.4 Å². The maximum atomic E-state index is 4.39. The number of aliphatic imine (C=N–C) groups is 1. The molecule has 1 nitrogen and oxygen atoms in total. The van der Waals surface area contributed by atoms with Crippen LogP contribution in [-0.2, 0) is 0 Å². The topological polar surface area (TPSA) is 12.4 Å². The molecule has 0 radical (unpaired) electrons. The summed E-state index contributed by atoms with van der Waals surface area (Å²) < 4.78 is 0. The average molecular weight is 153 g/mol. The first-order valence-corrected chi connectivity index (χ1v) is 4.91. The molecule has 0 atom stereocenters. The van der Waals surface area contributed by atoms with E-state index in [9.17, 15) is 0 Å². The highest BCUT2D eigenvalue weighted by atomic mass is 14.7. The van der Waals surface area contributed by atoms with Crippen LogP contribution in [-0.4, -0.2) is 12.8 Å². The molecule has 1 fully saturated rings. The van der Waals surface area contributed by atoms with Gasteiger partial charge in [-0.1, -0.05) is 26.2 Å². The predicted molar refractivity (Wildman–Crippen MR) is 50.2 cm³/mol. The molecule has 1 aliphatic carbocycles. The predicted octanol–water partition coefficient (Wildman–Crippen LogP) is 3.05. The summed E-state index contributed by atoms with van der Waals surface area (Å²) in [5.41, 5.74) is 0. The molecule has 1 rings (SSSR count). The lowest BCUT2D eigenvalue weighted by Gasteiger charge is -2.19. The molecular weight excluding hydrogens is 134 g/mol. The van der Waals surface area contributed by atoms with Gasteiger partial charge >= 0.3 is 0 Å². The van der Waals surface area contributed by atoms with Gasteiger partial charge in [0.15, 0.2) is 0 Å². The molecule has 0 unspecified atom stereocenters. The lowest BCUT2D eigenvalue weighted by molar-refractivity contribution is 0.367. The van der Waals surface area contributed by atoms with Crippen molar-refractivity contribution < 1.29 is 0 Å². The molecule has 0 N–H and O–H groups in total. The van der Waals surface area contributed by atoms with E-state index in [0.717, 1.165) is 18.9 Å². The summed E-state index contributed by atoms with van der Waals surface area (Å²) in [4.78, 5) is 4.39. The first-order chi connectivity index (χ1) is 5.43. The second-order valence-corrected chi connectivity index (χ2v) is 3.46. The van der Waals surface area contributed by atoms with Crippen molar-refractivity contribution in [1.82, 2.24) is 0 Å². The number of hydrogen-bond donors (Lipinski definition) is 0. The van der Waals surface area contributed by atoms with E-state index in [-0.39, 0.29) is 0 Å².